The molecule has 0 aliphatic carbocycles. The molecule has 4 nitrogen and oxygen atoms in total. The van der Waals surface area contributed by atoms with Gasteiger partial charge in [-0.25, -0.2) is 15.0 Å². The molecule has 0 fully saturated rings. The summed E-state index contributed by atoms with van der Waals surface area (Å²) in [6.07, 6.45) is 0. The molecular weight excluding hydrogens is 548 g/mol. The van der Waals surface area contributed by atoms with Crippen molar-refractivity contribution in [3.05, 3.63) is 158 Å². The van der Waals surface area contributed by atoms with E-state index in [1.165, 1.54) is 16.3 Å². The first-order valence-corrected chi connectivity index (χ1v) is 15.1. The molecule has 3 heterocycles. The first kappa shape index (κ1) is 25.4. The summed E-state index contributed by atoms with van der Waals surface area (Å²) in [7, 11) is 0. The first-order chi connectivity index (χ1) is 22.3. The van der Waals surface area contributed by atoms with E-state index < -0.39 is 0 Å². The number of rotatable bonds is 4. The summed E-state index contributed by atoms with van der Waals surface area (Å²) < 4.78 is 2.36. The smallest absolute Gasteiger partial charge is 0.160 e. The van der Waals surface area contributed by atoms with E-state index in [-0.39, 0.29) is 0 Å². The topological polar surface area (TPSA) is 43.6 Å². The SMILES string of the molecule is c1ccc(-c2nc(-c3ccccc3)c3ccc4ccc(-c5cccc6c7ccccc7n(-c7ccccc7)c56)nc4c3n2)cc1. The van der Waals surface area contributed by atoms with Gasteiger partial charge in [0, 0.05) is 43.9 Å². The van der Waals surface area contributed by atoms with Crippen LogP contribution in [0.25, 0.3) is 83.2 Å². The van der Waals surface area contributed by atoms with Crippen LogP contribution in [0.5, 0.6) is 0 Å². The summed E-state index contributed by atoms with van der Waals surface area (Å²) >= 11 is 0. The maximum atomic E-state index is 5.39. The third-order valence-electron chi connectivity index (χ3n) is 8.59. The van der Waals surface area contributed by atoms with E-state index in [1.54, 1.807) is 0 Å². The van der Waals surface area contributed by atoms with Gasteiger partial charge in [0.2, 0.25) is 0 Å². The van der Waals surface area contributed by atoms with Gasteiger partial charge in [0.1, 0.15) is 5.52 Å². The van der Waals surface area contributed by atoms with E-state index in [0.717, 1.165) is 61.1 Å². The Morgan fingerprint density at radius 2 is 1.09 bits per heavy atom. The fraction of sp³-hybridized carbons (Fsp3) is 0. The molecule has 0 N–H and O–H groups in total. The Kier molecular flexibility index (Phi) is 5.78. The molecule has 0 saturated heterocycles. The van der Waals surface area contributed by atoms with Crippen LogP contribution >= 0.6 is 0 Å². The van der Waals surface area contributed by atoms with Crippen molar-refractivity contribution in [3.8, 4) is 39.6 Å². The van der Waals surface area contributed by atoms with Gasteiger partial charge in [-0.2, -0.15) is 0 Å². The molecule has 210 valence electrons. The zero-order valence-electron chi connectivity index (χ0n) is 24.3. The second-order valence-corrected chi connectivity index (χ2v) is 11.2. The number of hydrogen-bond donors (Lipinski definition) is 0. The predicted molar refractivity (Wildman–Crippen MR) is 185 cm³/mol. The Bertz CT molecular complexity index is 2520. The van der Waals surface area contributed by atoms with Gasteiger partial charge < -0.3 is 4.57 Å². The van der Waals surface area contributed by atoms with Crippen molar-refractivity contribution in [1.82, 2.24) is 19.5 Å². The molecule has 6 aromatic carbocycles. The maximum Gasteiger partial charge on any atom is 0.160 e. The number of aromatic nitrogens is 4. The molecule has 4 heteroatoms. The average molecular weight is 575 g/mol. The zero-order valence-corrected chi connectivity index (χ0v) is 24.3. The van der Waals surface area contributed by atoms with Gasteiger partial charge in [-0.3, -0.25) is 0 Å². The fourth-order valence-electron chi connectivity index (χ4n) is 6.53. The molecule has 45 heavy (non-hydrogen) atoms. The van der Waals surface area contributed by atoms with Crippen molar-refractivity contribution < 1.29 is 0 Å². The lowest BCUT2D eigenvalue weighted by atomic mass is 10.0. The zero-order chi connectivity index (χ0) is 29.7. The summed E-state index contributed by atoms with van der Waals surface area (Å²) in [4.78, 5) is 15.7. The maximum absolute atomic E-state index is 5.39. The van der Waals surface area contributed by atoms with E-state index in [2.05, 4.69) is 138 Å². The molecule has 0 aliphatic heterocycles. The predicted octanol–water partition coefficient (Wildman–Crippen LogP) is 10.3. The number of fused-ring (bicyclic) bond motifs is 6. The molecule has 0 amide bonds. The van der Waals surface area contributed by atoms with Crippen LogP contribution in [0.4, 0.5) is 0 Å². The highest BCUT2D eigenvalue weighted by molar-refractivity contribution is 6.14. The Labute approximate surface area is 259 Å². The van der Waals surface area contributed by atoms with Crippen LogP contribution in [0.2, 0.25) is 0 Å². The molecule has 0 unspecified atom stereocenters. The summed E-state index contributed by atoms with van der Waals surface area (Å²) in [6, 6.07) is 54.8. The van der Waals surface area contributed by atoms with Crippen molar-refractivity contribution >= 4 is 43.6 Å². The minimum atomic E-state index is 0.688. The third-order valence-corrected chi connectivity index (χ3v) is 8.59. The van der Waals surface area contributed by atoms with E-state index in [9.17, 15) is 0 Å². The minimum absolute atomic E-state index is 0.688. The largest absolute Gasteiger partial charge is 0.309 e. The molecule has 0 atom stereocenters. The van der Waals surface area contributed by atoms with Crippen LogP contribution in [-0.2, 0) is 0 Å². The van der Waals surface area contributed by atoms with Crippen LogP contribution < -0.4 is 0 Å². The van der Waals surface area contributed by atoms with Crippen molar-refractivity contribution in [2.75, 3.05) is 0 Å². The molecule has 0 radical (unpaired) electrons. The third kappa shape index (κ3) is 4.11. The quantitative estimate of drug-likeness (QED) is 0.196. The van der Waals surface area contributed by atoms with Gasteiger partial charge in [-0.1, -0.05) is 127 Å². The number of nitrogens with zero attached hydrogens (tertiary/aromatic N) is 4. The summed E-state index contributed by atoms with van der Waals surface area (Å²) in [5.74, 6) is 0.688. The first-order valence-electron chi connectivity index (χ1n) is 15.1. The average Bonchev–Trinajstić information content (AvgIpc) is 3.46. The molecule has 0 aliphatic rings. The summed E-state index contributed by atoms with van der Waals surface area (Å²) in [5.41, 5.74) is 10.0. The molecule has 3 aromatic heterocycles. The fourth-order valence-corrected chi connectivity index (χ4v) is 6.53. The van der Waals surface area contributed by atoms with E-state index >= 15 is 0 Å². The Morgan fingerprint density at radius 1 is 0.422 bits per heavy atom. The van der Waals surface area contributed by atoms with Gasteiger partial charge >= 0.3 is 0 Å². The highest BCUT2D eigenvalue weighted by Crippen LogP contribution is 2.39. The lowest BCUT2D eigenvalue weighted by Crippen LogP contribution is -1.98. The van der Waals surface area contributed by atoms with E-state index in [0.29, 0.717) is 5.82 Å². The lowest BCUT2D eigenvalue weighted by Gasteiger charge is -2.13. The van der Waals surface area contributed by atoms with Crippen LogP contribution in [0, 0.1) is 0 Å². The van der Waals surface area contributed by atoms with Crippen molar-refractivity contribution in [3.63, 3.8) is 0 Å². The number of pyridine rings is 1. The normalized spacial score (nSPS) is 11.6. The molecule has 0 saturated carbocycles. The van der Waals surface area contributed by atoms with Gasteiger partial charge in [-0.05, 0) is 30.3 Å². The Balaban J connectivity index is 1.36. The van der Waals surface area contributed by atoms with Gasteiger partial charge in [0.15, 0.2) is 5.82 Å². The van der Waals surface area contributed by atoms with E-state index in [4.69, 9.17) is 15.0 Å². The minimum Gasteiger partial charge on any atom is -0.309 e. The van der Waals surface area contributed by atoms with Crippen LogP contribution in [0.1, 0.15) is 0 Å². The lowest BCUT2D eigenvalue weighted by molar-refractivity contribution is 1.18. The molecular formula is C41H26N4. The number of hydrogen-bond acceptors (Lipinski definition) is 3. The number of benzene rings is 6. The van der Waals surface area contributed by atoms with Gasteiger partial charge in [0.25, 0.3) is 0 Å². The second-order valence-electron chi connectivity index (χ2n) is 11.2. The van der Waals surface area contributed by atoms with E-state index in [1.807, 2.05) is 24.3 Å². The molecule has 0 spiro atoms. The summed E-state index contributed by atoms with van der Waals surface area (Å²) in [6.45, 7) is 0. The van der Waals surface area contributed by atoms with Crippen molar-refractivity contribution in [1.29, 1.82) is 0 Å². The molecule has 9 rings (SSSR count). The van der Waals surface area contributed by atoms with Crippen molar-refractivity contribution in [2.24, 2.45) is 0 Å². The summed E-state index contributed by atoms with van der Waals surface area (Å²) in [5, 5.41) is 4.44. The molecule has 0 bridgehead atoms. The van der Waals surface area contributed by atoms with Gasteiger partial charge in [0.05, 0.1) is 27.9 Å². The van der Waals surface area contributed by atoms with Crippen LogP contribution in [0.15, 0.2) is 158 Å². The van der Waals surface area contributed by atoms with Crippen LogP contribution in [-0.4, -0.2) is 19.5 Å². The van der Waals surface area contributed by atoms with Crippen LogP contribution in [0.3, 0.4) is 0 Å². The van der Waals surface area contributed by atoms with Gasteiger partial charge in [-0.15, -0.1) is 0 Å². The Morgan fingerprint density at radius 3 is 1.89 bits per heavy atom. The second kappa shape index (κ2) is 10.2. The standard InChI is InChI=1S/C41H26N4/c1-4-13-27(14-5-1)37-34-25-23-28-24-26-35(42-38(28)39(34)44-41(43-37)29-15-6-2-7-16-29)33-21-12-20-32-31-19-10-11-22-36(31)45(40(32)33)30-17-8-3-9-18-30/h1-26H. The highest BCUT2D eigenvalue weighted by Gasteiger charge is 2.19. The highest BCUT2D eigenvalue weighted by atomic mass is 15.0. The van der Waals surface area contributed by atoms with Crippen molar-refractivity contribution in [2.45, 2.75) is 0 Å². The molecule has 9 aromatic rings. The monoisotopic (exact) mass is 574 g/mol. The Hall–Kier alpha value is -6.13. The number of para-hydroxylation sites is 3.